The van der Waals surface area contributed by atoms with Gasteiger partial charge in [0.2, 0.25) is 0 Å². The summed E-state index contributed by atoms with van der Waals surface area (Å²) < 4.78 is 9.99. The van der Waals surface area contributed by atoms with E-state index >= 15 is 0 Å². The number of unbranched alkanes of at least 4 members (excludes halogenated alkanes) is 1. The van der Waals surface area contributed by atoms with Crippen LogP contribution in [0.25, 0.3) is 0 Å². The van der Waals surface area contributed by atoms with Crippen LogP contribution in [0.5, 0.6) is 0 Å². The Kier molecular flexibility index (Phi) is 4.94. The van der Waals surface area contributed by atoms with E-state index in [1.165, 1.54) is 12.8 Å². The molecule has 1 heterocycles. The Morgan fingerprint density at radius 2 is 2.29 bits per heavy atom. The second-order valence-corrected chi connectivity index (χ2v) is 3.87. The van der Waals surface area contributed by atoms with Crippen molar-refractivity contribution in [1.29, 1.82) is 0 Å². The van der Waals surface area contributed by atoms with Gasteiger partial charge in [0.25, 0.3) is 0 Å². The van der Waals surface area contributed by atoms with Gasteiger partial charge in [-0.3, -0.25) is 0 Å². The first-order valence-corrected chi connectivity index (χ1v) is 5.56. The van der Waals surface area contributed by atoms with Crippen LogP contribution >= 0.6 is 0 Å². The second kappa shape index (κ2) is 6.02. The molecule has 14 heavy (non-hydrogen) atoms. The van der Waals surface area contributed by atoms with E-state index in [1.807, 2.05) is 0 Å². The maximum absolute atomic E-state index is 11.2. The number of esters is 1. The van der Waals surface area contributed by atoms with Gasteiger partial charge < -0.3 is 9.47 Å². The monoisotopic (exact) mass is 200 g/mol. The smallest absolute Gasteiger partial charge is 0.337 e. The first-order valence-electron chi connectivity index (χ1n) is 5.56. The van der Waals surface area contributed by atoms with E-state index in [2.05, 4.69) is 13.8 Å². The van der Waals surface area contributed by atoms with Crippen molar-refractivity contribution < 1.29 is 14.3 Å². The van der Waals surface area contributed by atoms with E-state index in [-0.39, 0.29) is 12.1 Å². The number of carbonyl (C=O) groups is 1. The first-order chi connectivity index (χ1) is 6.77. The van der Waals surface area contributed by atoms with E-state index in [4.69, 9.17) is 9.47 Å². The van der Waals surface area contributed by atoms with Crippen molar-refractivity contribution in [3.05, 3.63) is 0 Å². The summed E-state index contributed by atoms with van der Waals surface area (Å²) in [5, 5.41) is 0. The molecule has 0 radical (unpaired) electrons. The fraction of sp³-hybridized carbons (Fsp3) is 0.909. The van der Waals surface area contributed by atoms with Crippen LogP contribution in [0.2, 0.25) is 0 Å². The zero-order chi connectivity index (χ0) is 10.4. The van der Waals surface area contributed by atoms with Crippen molar-refractivity contribution >= 4 is 5.97 Å². The third-order valence-electron chi connectivity index (χ3n) is 2.60. The summed E-state index contributed by atoms with van der Waals surface area (Å²) in [4.78, 5) is 11.2. The van der Waals surface area contributed by atoms with Gasteiger partial charge in [-0.15, -0.1) is 0 Å². The molecule has 0 aromatic heterocycles. The molecule has 1 aliphatic rings. The third kappa shape index (κ3) is 4.09. The highest BCUT2D eigenvalue weighted by molar-refractivity contribution is 5.76. The van der Waals surface area contributed by atoms with Gasteiger partial charge in [0, 0.05) is 0 Å². The number of epoxide rings is 1. The standard InChI is InChI=1S/C11H20O3/c1-3-5-6-9(4-2)7-14-11(12)10-8-13-10/h9-10H,3-8H2,1-2H3/t9-,10+/m0/s1. The lowest BCUT2D eigenvalue weighted by molar-refractivity contribution is -0.146. The van der Waals surface area contributed by atoms with E-state index in [9.17, 15) is 4.79 Å². The van der Waals surface area contributed by atoms with Crippen LogP contribution in [0.15, 0.2) is 0 Å². The molecule has 1 aliphatic heterocycles. The molecule has 1 saturated heterocycles. The van der Waals surface area contributed by atoms with Gasteiger partial charge in [-0.2, -0.15) is 0 Å². The lowest BCUT2D eigenvalue weighted by Gasteiger charge is -2.13. The van der Waals surface area contributed by atoms with Gasteiger partial charge in [0.1, 0.15) is 0 Å². The highest BCUT2D eigenvalue weighted by atomic mass is 16.6. The molecule has 3 heteroatoms. The predicted molar refractivity (Wildman–Crippen MR) is 54.0 cm³/mol. The fourth-order valence-electron chi connectivity index (χ4n) is 1.38. The minimum atomic E-state index is -0.251. The molecular formula is C11H20O3. The molecule has 0 aliphatic carbocycles. The molecule has 3 nitrogen and oxygen atoms in total. The van der Waals surface area contributed by atoms with Gasteiger partial charge in [0.05, 0.1) is 13.2 Å². The number of carbonyl (C=O) groups excluding carboxylic acids is 1. The van der Waals surface area contributed by atoms with Crippen LogP contribution in [0.4, 0.5) is 0 Å². The zero-order valence-corrected chi connectivity index (χ0v) is 9.12. The summed E-state index contributed by atoms with van der Waals surface area (Å²) in [6.07, 6.45) is 4.41. The minimum absolute atomic E-state index is 0.181. The molecule has 0 amide bonds. The SMILES string of the molecule is CCCC[C@H](CC)COC(=O)[C@H]1CO1. The van der Waals surface area contributed by atoms with Crippen molar-refractivity contribution in [2.45, 2.75) is 45.6 Å². The van der Waals surface area contributed by atoms with Gasteiger partial charge >= 0.3 is 5.97 Å². The van der Waals surface area contributed by atoms with Crippen molar-refractivity contribution in [2.75, 3.05) is 13.2 Å². The summed E-state index contributed by atoms with van der Waals surface area (Å²) in [6.45, 7) is 5.43. The van der Waals surface area contributed by atoms with Gasteiger partial charge in [-0.1, -0.05) is 33.1 Å². The molecule has 0 saturated carbocycles. The zero-order valence-electron chi connectivity index (χ0n) is 9.12. The molecule has 2 atom stereocenters. The maximum atomic E-state index is 11.2. The van der Waals surface area contributed by atoms with Gasteiger partial charge in [-0.25, -0.2) is 4.79 Å². The molecule has 0 bridgehead atoms. The van der Waals surface area contributed by atoms with Crippen molar-refractivity contribution in [3.8, 4) is 0 Å². The Morgan fingerprint density at radius 3 is 2.79 bits per heavy atom. The van der Waals surface area contributed by atoms with E-state index in [0.29, 0.717) is 19.1 Å². The molecule has 0 unspecified atom stereocenters. The topological polar surface area (TPSA) is 38.8 Å². The third-order valence-corrected chi connectivity index (χ3v) is 2.60. The highest BCUT2D eigenvalue weighted by Gasteiger charge is 2.33. The van der Waals surface area contributed by atoms with E-state index in [0.717, 1.165) is 12.8 Å². The molecule has 1 rings (SSSR count). The fourth-order valence-corrected chi connectivity index (χ4v) is 1.38. The molecular weight excluding hydrogens is 180 g/mol. The Hall–Kier alpha value is -0.570. The maximum Gasteiger partial charge on any atom is 0.337 e. The van der Waals surface area contributed by atoms with Crippen LogP contribution in [0.1, 0.15) is 39.5 Å². The molecule has 1 fully saturated rings. The normalized spacial score (nSPS) is 21.7. The van der Waals surface area contributed by atoms with E-state index in [1.54, 1.807) is 0 Å². The van der Waals surface area contributed by atoms with Gasteiger partial charge in [-0.05, 0) is 12.3 Å². The Morgan fingerprint density at radius 1 is 1.57 bits per heavy atom. The Bertz CT molecular complexity index is 175. The number of rotatable bonds is 7. The van der Waals surface area contributed by atoms with Crippen LogP contribution in [-0.2, 0) is 14.3 Å². The van der Waals surface area contributed by atoms with E-state index < -0.39 is 0 Å². The van der Waals surface area contributed by atoms with Crippen LogP contribution < -0.4 is 0 Å². The summed E-state index contributed by atoms with van der Waals surface area (Å²) in [5.74, 6) is 0.345. The summed E-state index contributed by atoms with van der Waals surface area (Å²) in [7, 11) is 0. The number of hydrogen-bond donors (Lipinski definition) is 0. The average Bonchev–Trinajstić information content (AvgIpc) is 3.01. The quantitative estimate of drug-likeness (QED) is 0.467. The highest BCUT2D eigenvalue weighted by Crippen LogP contribution is 2.15. The minimum Gasteiger partial charge on any atom is -0.463 e. The lowest BCUT2D eigenvalue weighted by Crippen LogP contribution is -2.17. The Labute approximate surface area is 85.8 Å². The van der Waals surface area contributed by atoms with Crippen molar-refractivity contribution in [2.24, 2.45) is 5.92 Å². The summed E-state index contributed by atoms with van der Waals surface area (Å²) in [5.41, 5.74) is 0. The van der Waals surface area contributed by atoms with Crippen molar-refractivity contribution in [3.63, 3.8) is 0 Å². The predicted octanol–water partition coefficient (Wildman–Crippen LogP) is 2.14. The van der Waals surface area contributed by atoms with Crippen LogP contribution in [0.3, 0.4) is 0 Å². The summed E-state index contributed by atoms with van der Waals surface area (Å²) in [6, 6.07) is 0. The van der Waals surface area contributed by atoms with Crippen molar-refractivity contribution in [1.82, 2.24) is 0 Å². The average molecular weight is 200 g/mol. The molecule has 0 aromatic carbocycles. The molecule has 0 N–H and O–H groups in total. The molecule has 82 valence electrons. The second-order valence-electron chi connectivity index (χ2n) is 3.87. The number of hydrogen-bond acceptors (Lipinski definition) is 3. The Balaban J connectivity index is 2.09. The summed E-state index contributed by atoms with van der Waals surface area (Å²) >= 11 is 0. The molecule has 0 aromatic rings. The van der Waals surface area contributed by atoms with Crippen LogP contribution in [-0.4, -0.2) is 25.3 Å². The lowest BCUT2D eigenvalue weighted by atomic mass is 10.0. The van der Waals surface area contributed by atoms with Crippen LogP contribution in [0, 0.1) is 5.92 Å². The first kappa shape index (κ1) is 11.5. The largest absolute Gasteiger partial charge is 0.463 e. The van der Waals surface area contributed by atoms with Gasteiger partial charge in [0.15, 0.2) is 6.10 Å². The molecule has 0 spiro atoms. The number of ether oxygens (including phenoxy) is 2.